The van der Waals surface area contributed by atoms with Gasteiger partial charge in [0.15, 0.2) is 0 Å². The molecule has 0 saturated heterocycles. The van der Waals surface area contributed by atoms with Crippen molar-refractivity contribution in [2.45, 2.75) is 18.8 Å². The molecular weight excluding hydrogens is 316 g/mol. The molecule has 2 aromatic carbocycles. The molecule has 128 valence electrons. The highest BCUT2D eigenvalue weighted by Gasteiger charge is 2.55. The van der Waals surface area contributed by atoms with Gasteiger partial charge < -0.3 is 10.2 Å². The first-order chi connectivity index (χ1) is 12.0. The van der Waals surface area contributed by atoms with Gasteiger partial charge in [0.1, 0.15) is 0 Å². The smallest absolute Gasteiger partial charge is 0.311 e. The van der Waals surface area contributed by atoms with E-state index in [1.165, 1.54) is 0 Å². The van der Waals surface area contributed by atoms with Crippen LogP contribution in [-0.2, 0) is 9.59 Å². The lowest BCUT2D eigenvalue weighted by Gasteiger charge is -2.43. The molecule has 4 atom stereocenters. The summed E-state index contributed by atoms with van der Waals surface area (Å²) >= 11 is 0. The molecule has 2 aromatic rings. The largest absolute Gasteiger partial charge is 0.481 e. The molecule has 0 spiro atoms. The predicted octanol–water partition coefficient (Wildman–Crippen LogP) is 3.92. The molecule has 25 heavy (non-hydrogen) atoms. The Balaban J connectivity index is 2.18. The molecule has 0 heterocycles. The summed E-state index contributed by atoms with van der Waals surface area (Å²) in [6.45, 7) is 1.55. The van der Waals surface area contributed by atoms with Crippen LogP contribution in [-0.4, -0.2) is 22.2 Å². The van der Waals surface area contributed by atoms with Gasteiger partial charge >= 0.3 is 11.9 Å². The lowest BCUT2D eigenvalue weighted by atomic mass is 9.57. The Kier molecular flexibility index (Phi) is 4.45. The minimum Gasteiger partial charge on any atom is -0.481 e. The number of rotatable bonds is 4. The van der Waals surface area contributed by atoms with Crippen molar-refractivity contribution in [3.8, 4) is 0 Å². The van der Waals surface area contributed by atoms with Gasteiger partial charge in [-0.25, -0.2) is 0 Å². The van der Waals surface area contributed by atoms with Crippen molar-refractivity contribution in [1.29, 1.82) is 0 Å². The molecule has 1 aliphatic carbocycles. The van der Waals surface area contributed by atoms with E-state index in [2.05, 4.69) is 0 Å². The van der Waals surface area contributed by atoms with Crippen molar-refractivity contribution < 1.29 is 19.8 Å². The van der Waals surface area contributed by atoms with Gasteiger partial charge in [0, 0.05) is 11.8 Å². The molecule has 4 nitrogen and oxygen atoms in total. The summed E-state index contributed by atoms with van der Waals surface area (Å²) in [5, 5.41) is 19.9. The topological polar surface area (TPSA) is 74.6 Å². The molecule has 2 N–H and O–H groups in total. The van der Waals surface area contributed by atoms with E-state index < -0.39 is 35.1 Å². The number of hydrogen-bond donors (Lipinski definition) is 2. The molecule has 0 aliphatic heterocycles. The zero-order chi connectivity index (χ0) is 18.0. The second kappa shape index (κ2) is 6.55. The molecule has 0 amide bonds. The maximum absolute atomic E-state index is 12.3. The fourth-order valence-electron chi connectivity index (χ4n) is 3.88. The van der Waals surface area contributed by atoms with E-state index in [1.54, 1.807) is 6.92 Å². The first-order valence-electron chi connectivity index (χ1n) is 8.20. The second-order valence-electron chi connectivity index (χ2n) is 6.61. The number of carbonyl (C=O) groups is 2. The van der Waals surface area contributed by atoms with Crippen LogP contribution >= 0.6 is 0 Å². The van der Waals surface area contributed by atoms with Crippen molar-refractivity contribution in [2.75, 3.05) is 0 Å². The van der Waals surface area contributed by atoms with Crippen molar-refractivity contribution in [2.24, 2.45) is 11.3 Å². The lowest BCUT2D eigenvalue weighted by molar-refractivity contribution is -0.163. The van der Waals surface area contributed by atoms with Crippen LogP contribution < -0.4 is 0 Å². The first kappa shape index (κ1) is 17.0. The molecule has 4 heteroatoms. The summed E-state index contributed by atoms with van der Waals surface area (Å²) in [7, 11) is 0. The van der Waals surface area contributed by atoms with E-state index in [1.807, 2.05) is 72.8 Å². The van der Waals surface area contributed by atoms with E-state index in [9.17, 15) is 19.8 Å². The van der Waals surface area contributed by atoms with Crippen LogP contribution in [0.25, 0.3) is 0 Å². The SMILES string of the molecule is CC1(C(=O)O)C(c2ccccc2)C=CC(c2ccccc2)C1C(=O)O. The molecule has 1 aliphatic rings. The minimum absolute atomic E-state index is 0.486. The molecule has 0 fully saturated rings. The zero-order valence-electron chi connectivity index (χ0n) is 13.9. The Hall–Kier alpha value is -2.88. The monoisotopic (exact) mass is 336 g/mol. The number of aliphatic carboxylic acids is 2. The molecule has 3 rings (SSSR count). The summed E-state index contributed by atoms with van der Waals surface area (Å²) in [5.41, 5.74) is 0.161. The van der Waals surface area contributed by atoms with Gasteiger partial charge in [-0.05, 0) is 18.1 Å². The Morgan fingerprint density at radius 2 is 1.36 bits per heavy atom. The van der Waals surface area contributed by atoms with Crippen LogP contribution in [0.15, 0.2) is 72.8 Å². The standard InChI is InChI=1S/C21H20O4/c1-21(20(24)25)17(15-10-6-3-7-11-15)13-12-16(18(21)19(22)23)14-8-4-2-5-9-14/h2-13,16-18H,1H3,(H,22,23)(H,24,25). The quantitative estimate of drug-likeness (QED) is 0.830. The highest BCUT2D eigenvalue weighted by molar-refractivity contribution is 5.86. The minimum atomic E-state index is -1.46. The third-order valence-electron chi connectivity index (χ3n) is 5.23. The van der Waals surface area contributed by atoms with Gasteiger partial charge in [-0.3, -0.25) is 9.59 Å². The molecule has 0 saturated carbocycles. The summed E-state index contributed by atoms with van der Waals surface area (Å²) in [6, 6.07) is 18.4. The third kappa shape index (κ3) is 2.84. The van der Waals surface area contributed by atoms with Crippen molar-refractivity contribution in [3.63, 3.8) is 0 Å². The number of allylic oxidation sites excluding steroid dienone is 2. The number of carboxylic acids is 2. The van der Waals surface area contributed by atoms with Crippen molar-refractivity contribution in [1.82, 2.24) is 0 Å². The fraction of sp³-hybridized carbons (Fsp3) is 0.238. The second-order valence-corrected chi connectivity index (χ2v) is 6.61. The summed E-state index contributed by atoms with van der Waals surface area (Å²) in [5.74, 6) is -4.25. The average molecular weight is 336 g/mol. The highest BCUT2D eigenvalue weighted by atomic mass is 16.4. The Bertz CT molecular complexity index is 797. The Labute approximate surface area is 146 Å². The van der Waals surface area contributed by atoms with E-state index in [0.29, 0.717) is 0 Å². The van der Waals surface area contributed by atoms with Crippen LogP contribution in [0.2, 0.25) is 0 Å². The molecule has 0 aromatic heterocycles. The van der Waals surface area contributed by atoms with E-state index in [-0.39, 0.29) is 0 Å². The van der Waals surface area contributed by atoms with Crippen LogP contribution in [0.1, 0.15) is 29.9 Å². The van der Waals surface area contributed by atoms with Crippen LogP contribution in [0, 0.1) is 11.3 Å². The van der Waals surface area contributed by atoms with Gasteiger partial charge in [0.25, 0.3) is 0 Å². The van der Waals surface area contributed by atoms with E-state index in [0.717, 1.165) is 11.1 Å². The van der Waals surface area contributed by atoms with E-state index >= 15 is 0 Å². The molecule has 4 unspecified atom stereocenters. The third-order valence-corrected chi connectivity index (χ3v) is 5.23. The van der Waals surface area contributed by atoms with Gasteiger partial charge in [0.05, 0.1) is 11.3 Å². The first-order valence-corrected chi connectivity index (χ1v) is 8.20. The number of benzene rings is 2. The fourth-order valence-corrected chi connectivity index (χ4v) is 3.88. The maximum Gasteiger partial charge on any atom is 0.311 e. The van der Waals surface area contributed by atoms with Crippen LogP contribution in [0.4, 0.5) is 0 Å². The van der Waals surface area contributed by atoms with Crippen molar-refractivity contribution >= 4 is 11.9 Å². The summed E-state index contributed by atoms with van der Waals surface area (Å²) in [4.78, 5) is 24.4. The number of hydrogen-bond acceptors (Lipinski definition) is 2. The molecule has 0 bridgehead atoms. The van der Waals surface area contributed by atoms with Gasteiger partial charge in [-0.2, -0.15) is 0 Å². The average Bonchev–Trinajstić information content (AvgIpc) is 2.62. The van der Waals surface area contributed by atoms with Crippen LogP contribution in [0.3, 0.4) is 0 Å². The number of carboxylic acid groups (broad SMARTS) is 2. The van der Waals surface area contributed by atoms with E-state index in [4.69, 9.17) is 0 Å². The highest BCUT2D eigenvalue weighted by Crippen LogP contribution is 2.52. The predicted molar refractivity (Wildman–Crippen MR) is 94.4 cm³/mol. The molecular formula is C21H20O4. The van der Waals surface area contributed by atoms with Gasteiger partial charge in [-0.15, -0.1) is 0 Å². The maximum atomic E-state index is 12.3. The lowest BCUT2D eigenvalue weighted by Crippen LogP contribution is -2.48. The van der Waals surface area contributed by atoms with Gasteiger partial charge in [-0.1, -0.05) is 72.8 Å². The summed E-state index contributed by atoms with van der Waals surface area (Å²) < 4.78 is 0. The van der Waals surface area contributed by atoms with Crippen molar-refractivity contribution in [3.05, 3.63) is 83.9 Å². The van der Waals surface area contributed by atoms with Gasteiger partial charge in [0.2, 0.25) is 0 Å². The summed E-state index contributed by atoms with van der Waals surface area (Å²) in [6.07, 6.45) is 3.69. The molecule has 0 radical (unpaired) electrons. The van der Waals surface area contributed by atoms with Crippen LogP contribution in [0.5, 0.6) is 0 Å². The normalized spacial score (nSPS) is 28.4. The zero-order valence-corrected chi connectivity index (χ0v) is 13.9. The Morgan fingerprint density at radius 1 is 0.840 bits per heavy atom. The Morgan fingerprint density at radius 3 is 1.84 bits per heavy atom.